The number of carbonyl (C=O) groups is 1. The summed E-state index contributed by atoms with van der Waals surface area (Å²) in [4.78, 5) is 10.5. The Morgan fingerprint density at radius 2 is 1.78 bits per heavy atom. The zero-order valence-electron chi connectivity index (χ0n) is 9.26. The number of ether oxygens (including phenoxy) is 1. The highest BCUT2D eigenvalue weighted by molar-refractivity contribution is 6.31. The molecule has 0 saturated carbocycles. The van der Waals surface area contributed by atoms with Gasteiger partial charge in [0.1, 0.15) is 23.9 Å². The van der Waals surface area contributed by atoms with Crippen molar-refractivity contribution in [2.45, 2.75) is 0 Å². The lowest BCUT2D eigenvalue weighted by Gasteiger charge is -2.06. The van der Waals surface area contributed by atoms with Gasteiger partial charge in [-0.15, -0.1) is 0 Å². The van der Waals surface area contributed by atoms with Crippen molar-refractivity contribution < 1.29 is 9.53 Å². The van der Waals surface area contributed by atoms with Crippen molar-refractivity contribution in [2.24, 2.45) is 0 Å². The molecule has 3 nitrogen and oxygen atoms in total. The highest BCUT2D eigenvalue weighted by Gasteiger charge is 2.03. The Balaban J connectivity index is 2.20. The first-order valence-electron chi connectivity index (χ1n) is 5.15. The molecule has 2 rings (SSSR count). The van der Waals surface area contributed by atoms with E-state index in [0.717, 1.165) is 6.29 Å². The van der Waals surface area contributed by atoms with Crippen LogP contribution in [0.4, 0.5) is 0 Å². The Morgan fingerprint density at radius 1 is 1.11 bits per heavy atom. The second kappa shape index (κ2) is 5.35. The summed E-state index contributed by atoms with van der Waals surface area (Å²) in [5.74, 6) is 1.14. The van der Waals surface area contributed by atoms with Crippen molar-refractivity contribution in [1.82, 2.24) is 0 Å². The molecule has 4 heteroatoms. The van der Waals surface area contributed by atoms with Crippen molar-refractivity contribution in [2.75, 3.05) is 0 Å². The Hall–Kier alpha value is -2.31. The number of carbonyl (C=O) groups excluding carboxylic acids is 1. The zero-order valence-corrected chi connectivity index (χ0v) is 10.0. The molecule has 0 bridgehead atoms. The van der Waals surface area contributed by atoms with Crippen LogP contribution in [0.15, 0.2) is 42.5 Å². The Bertz CT molecular complexity index is 615. The molecule has 0 spiro atoms. The topological polar surface area (TPSA) is 50.1 Å². The van der Waals surface area contributed by atoms with Crippen LogP contribution in [0, 0.1) is 11.3 Å². The van der Waals surface area contributed by atoms with E-state index in [2.05, 4.69) is 0 Å². The van der Waals surface area contributed by atoms with Crippen molar-refractivity contribution in [1.29, 1.82) is 5.26 Å². The van der Waals surface area contributed by atoms with Gasteiger partial charge in [0.25, 0.3) is 0 Å². The quantitative estimate of drug-likeness (QED) is 0.786. The molecule has 0 saturated heterocycles. The van der Waals surface area contributed by atoms with E-state index in [0.29, 0.717) is 27.6 Å². The van der Waals surface area contributed by atoms with Crippen LogP contribution in [0.1, 0.15) is 15.9 Å². The van der Waals surface area contributed by atoms with E-state index in [1.807, 2.05) is 6.07 Å². The monoisotopic (exact) mass is 257 g/mol. The normalized spacial score (nSPS) is 9.56. The van der Waals surface area contributed by atoms with Crippen molar-refractivity contribution in [3.63, 3.8) is 0 Å². The Labute approximate surface area is 109 Å². The zero-order chi connectivity index (χ0) is 13.0. The summed E-state index contributed by atoms with van der Waals surface area (Å²) in [6.45, 7) is 0. The molecule has 0 atom stereocenters. The number of nitriles is 1. The third-order valence-electron chi connectivity index (χ3n) is 2.31. The first-order valence-corrected chi connectivity index (χ1v) is 5.53. The molecule has 0 N–H and O–H groups in total. The van der Waals surface area contributed by atoms with Gasteiger partial charge in [0, 0.05) is 11.6 Å². The van der Waals surface area contributed by atoms with Gasteiger partial charge >= 0.3 is 0 Å². The number of hydrogen-bond acceptors (Lipinski definition) is 3. The van der Waals surface area contributed by atoms with Crippen LogP contribution in [0.3, 0.4) is 0 Å². The first kappa shape index (κ1) is 12.2. The SMILES string of the molecule is N#Cc1ccc(Oc2ccc(C=O)cc2)cc1Cl. The number of benzene rings is 2. The number of rotatable bonds is 3. The average molecular weight is 258 g/mol. The maximum Gasteiger partial charge on any atom is 0.150 e. The van der Waals surface area contributed by atoms with Crippen molar-refractivity contribution in [3.8, 4) is 17.6 Å². The van der Waals surface area contributed by atoms with Crippen LogP contribution in [0.25, 0.3) is 0 Å². The van der Waals surface area contributed by atoms with Crippen molar-refractivity contribution >= 4 is 17.9 Å². The first-order chi connectivity index (χ1) is 8.72. The molecule has 0 fully saturated rings. The lowest BCUT2D eigenvalue weighted by Crippen LogP contribution is -1.86. The molecule has 0 aliphatic heterocycles. The molecule has 0 aromatic heterocycles. The molecule has 0 amide bonds. The Morgan fingerprint density at radius 3 is 2.33 bits per heavy atom. The Kier molecular flexibility index (Phi) is 3.61. The molecule has 2 aromatic carbocycles. The number of nitrogens with zero attached hydrogens (tertiary/aromatic N) is 1. The van der Waals surface area contributed by atoms with Crippen molar-refractivity contribution in [3.05, 3.63) is 58.6 Å². The summed E-state index contributed by atoms with van der Waals surface area (Å²) in [5.41, 5.74) is 0.987. The molecule has 0 unspecified atom stereocenters. The number of hydrogen-bond donors (Lipinski definition) is 0. The van der Waals surface area contributed by atoms with Crippen LogP contribution in [0.5, 0.6) is 11.5 Å². The average Bonchev–Trinajstić information content (AvgIpc) is 2.40. The number of aldehydes is 1. The molecular weight excluding hydrogens is 250 g/mol. The minimum Gasteiger partial charge on any atom is -0.457 e. The van der Waals surface area contributed by atoms with Gasteiger partial charge in [-0.3, -0.25) is 4.79 Å². The van der Waals surface area contributed by atoms with Gasteiger partial charge < -0.3 is 4.74 Å². The van der Waals surface area contributed by atoms with Crippen LogP contribution < -0.4 is 4.74 Å². The smallest absolute Gasteiger partial charge is 0.150 e. The van der Waals surface area contributed by atoms with E-state index < -0.39 is 0 Å². The fraction of sp³-hybridized carbons (Fsp3) is 0. The minimum absolute atomic E-state index is 0.347. The summed E-state index contributed by atoms with van der Waals surface area (Å²) in [7, 11) is 0. The maximum atomic E-state index is 10.5. The van der Waals surface area contributed by atoms with Crippen LogP contribution >= 0.6 is 11.6 Å². The van der Waals surface area contributed by atoms with E-state index in [9.17, 15) is 4.79 Å². The predicted octanol–water partition coefficient (Wildman–Crippen LogP) is 3.82. The lowest BCUT2D eigenvalue weighted by atomic mass is 10.2. The third kappa shape index (κ3) is 2.68. The van der Waals surface area contributed by atoms with Gasteiger partial charge in [-0.25, -0.2) is 0 Å². The summed E-state index contributed by atoms with van der Waals surface area (Å²) < 4.78 is 5.55. The molecule has 0 heterocycles. The second-order valence-corrected chi connectivity index (χ2v) is 3.95. The van der Waals surface area contributed by atoms with E-state index >= 15 is 0 Å². The summed E-state index contributed by atoms with van der Waals surface area (Å²) in [6, 6.07) is 13.5. The van der Waals surface area contributed by atoms with Crippen LogP contribution in [0.2, 0.25) is 5.02 Å². The largest absolute Gasteiger partial charge is 0.457 e. The van der Waals surface area contributed by atoms with E-state index in [-0.39, 0.29) is 0 Å². The van der Waals surface area contributed by atoms with Gasteiger partial charge in [-0.2, -0.15) is 5.26 Å². The number of halogens is 1. The van der Waals surface area contributed by atoms with E-state index in [1.165, 1.54) is 0 Å². The third-order valence-corrected chi connectivity index (χ3v) is 2.63. The highest BCUT2D eigenvalue weighted by atomic mass is 35.5. The fourth-order valence-electron chi connectivity index (χ4n) is 1.40. The van der Waals surface area contributed by atoms with Gasteiger partial charge in [0.15, 0.2) is 0 Å². The van der Waals surface area contributed by atoms with Gasteiger partial charge in [-0.05, 0) is 36.4 Å². The molecule has 18 heavy (non-hydrogen) atoms. The molecule has 88 valence electrons. The predicted molar refractivity (Wildman–Crippen MR) is 68.1 cm³/mol. The molecule has 0 radical (unpaired) electrons. The van der Waals surface area contributed by atoms with Crippen LogP contribution in [-0.2, 0) is 0 Å². The second-order valence-electron chi connectivity index (χ2n) is 3.54. The fourth-order valence-corrected chi connectivity index (χ4v) is 1.61. The highest BCUT2D eigenvalue weighted by Crippen LogP contribution is 2.26. The maximum absolute atomic E-state index is 10.5. The lowest BCUT2D eigenvalue weighted by molar-refractivity contribution is 0.112. The van der Waals surface area contributed by atoms with E-state index in [1.54, 1.807) is 42.5 Å². The standard InChI is InChI=1S/C14H8ClNO2/c15-14-7-13(6-3-11(14)8-16)18-12-4-1-10(9-17)2-5-12/h1-7,9H. The summed E-state index contributed by atoms with van der Waals surface area (Å²) in [6.07, 6.45) is 0.766. The molecule has 2 aromatic rings. The summed E-state index contributed by atoms with van der Waals surface area (Å²) in [5, 5.41) is 9.10. The summed E-state index contributed by atoms with van der Waals surface area (Å²) >= 11 is 5.89. The molecular formula is C14H8ClNO2. The van der Waals surface area contributed by atoms with Gasteiger partial charge in [0.2, 0.25) is 0 Å². The van der Waals surface area contributed by atoms with Crippen LogP contribution in [-0.4, -0.2) is 6.29 Å². The minimum atomic E-state index is 0.347. The van der Waals surface area contributed by atoms with Gasteiger partial charge in [0.05, 0.1) is 10.6 Å². The molecule has 0 aliphatic rings. The van der Waals surface area contributed by atoms with E-state index in [4.69, 9.17) is 21.6 Å². The van der Waals surface area contributed by atoms with Gasteiger partial charge in [-0.1, -0.05) is 11.6 Å². The molecule has 0 aliphatic carbocycles.